The van der Waals surface area contributed by atoms with E-state index in [0.29, 0.717) is 18.4 Å². The van der Waals surface area contributed by atoms with E-state index in [2.05, 4.69) is 15.6 Å². The summed E-state index contributed by atoms with van der Waals surface area (Å²) >= 11 is 0. The molecule has 17 heavy (non-hydrogen) atoms. The minimum absolute atomic E-state index is 0.0495. The zero-order chi connectivity index (χ0) is 12.4. The van der Waals surface area contributed by atoms with Gasteiger partial charge in [-0.05, 0) is 32.9 Å². The Balaban J connectivity index is 1.83. The monoisotopic (exact) mass is 237 g/mol. The molecular weight excluding hydrogens is 218 g/mol. The molecule has 1 fully saturated rings. The summed E-state index contributed by atoms with van der Waals surface area (Å²) in [5.41, 5.74) is 0.880. The molecule has 0 aliphatic carbocycles. The predicted octanol–water partition coefficient (Wildman–Crippen LogP) is 0.763. The molecule has 2 N–H and O–H groups in total. The normalized spacial score (nSPS) is 17.6. The smallest absolute Gasteiger partial charge is 0.223 e. The van der Waals surface area contributed by atoms with Crippen molar-refractivity contribution in [3.05, 3.63) is 17.3 Å². The molecule has 1 atom stereocenters. The van der Waals surface area contributed by atoms with Crippen LogP contribution >= 0.6 is 0 Å². The number of hydrogen-bond donors (Lipinski definition) is 2. The quantitative estimate of drug-likeness (QED) is 0.811. The number of aryl methyl sites for hydroxylation is 2. The van der Waals surface area contributed by atoms with Crippen molar-refractivity contribution in [3.63, 3.8) is 0 Å². The van der Waals surface area contributed by atoms with Gasteiger partial charge < -0.3 is 15.1 Å². The van der Waals surface area contributed by atoms with Gasteiger partial charge in [0.1, 0.15) is 5.76 Å². The van der Waals surface area contributed by atoms with Gasteiger partial charge >= 0.3 is 0 Å². The van der Waals surface area contributed by atoms with Crippen LogP contribution in [0.4, 0.5) is 0 Å². The third-order valence-corrected chi connectivity index (χ3v) is 3.42. The summed E-state index contributed by atoms with van der Waals surface area (Å²) in [6, 6.07) is 0. The highest BCUT2D eigenvalue weighted by Gasteiger charge is 2.28. The first-order valence-electron chi connectivity index (χ1n) is 5.99. The van der Waals surface area contributed by atoms with Crippen LogP contribution in [0.25, 0.3) is 0 Å². The van der Waals surface area contributed by atoms with Gasteiger partial charge in [0.15, 0.2) is 0 Å². The summed E-state index contributed by atoms with van der Waals surface area (Å²) in [6.45, 7) is 7.98. The number of amides is 1. The average Bonchev–Trinajstić information content (AvgIpc) is 2.52. The molecule has 0 radical (unpaired) electrons. The van der Waals surface area contributed by atoms with Crippen molar-refractivity contribution in [2.75, 3.05) is 13.1 Å². The topological polar surface area (TPSA) is 67.2 Å². The minimum atomic E-state index is 0.0495. The molecule has 1 aliphatic rings. The summed E-state index contributed by atoms with van der Waals surface area (Å²) < 4.78 is 5.41. The van der Waals surface area contributed by atoms with Crippen LogP contribution in [0, 0.1) is 25.7 Å². The van der Waals surface area contributed by atoms with E-state index in [9.17, 15) is 4.79 Å². The lowest BCUT2D eigenvalue weighted by molar-refractivity contribution is -0.127. The second kappa shape index (κ2) is 4.87. The molecule has 1 unspecified atom stereocenters. The van der Waals surface area contributed by atoms with Crippen LogP contribution in [0.2, 0.25) is 0 Å². The third kappa shape index (κ3) is 2.66. The molecule has 0 spiro atoms. The van der Waals surface area contributed by atoms with Crippen molar-refractivity contribution in [1.29, 1.82) is 0 Å². The standard InChI is InChI=1S/C12H19N3O2/c1-7(10-4-13-5-10)12(16)14-6-11-15-8(2)9(3)17-11/h7,10,13H,4-6H2,1-3H3,(H,14,16). The fourth-order valence-electron chi connectivity index (χ4n) is 1.82. The minimum Gasteiger partial charge on any atom is -0.444 e. The van der Waals surface area contributed by atoms with Gasteiger partial charge in [-0.1, -0.05) is 6.92 Å². The third-order valence-electron chi connectivity index (χ3n) is 3.42. The molecule has 1 saturated heterocycles. The average molecular weight is 237 g/mol. The number of nitrogens with one attached hydrogen (secondary N) is 2. The first kappa shape index (κ1) is 12.1. The van der Waals surface area contributed by atoms with Gasteiger partial charge in [0, 0.05) is 5.92 Å². The Bertz CT molecular complexity index is 390. The summed E-state index contributed by atoms with van der Waals surface area (Å²) in [6.07, 6.45) is 0. The molecule has 0 aromatic carbocycles. The van der Waals surface area contributed by atoms with Gasteiger partial charge in [-0.25, -0.2) is 4.98 Å². The van der Waals surface area contributed by atoms with E-state index in [1.165, 1.54) is 0 Å². The van der Waals surface area contributed by atoms with Gasteiger partial charge in [0.2, 0.25) is 11.8 Å². The maximum Gasteiger partial charge on any atom is 0.223 e. The van der Waals surface area contributed by atoms with Crippen LogP contribution < -0.4 is 10.6 Å². The zero-order valence-electron chi connectivity index (χ0n) is 10.5. The van der Waals surface area contributed by atoms with Crippen LogP contribution in [0.5, 0.6) is 0 Å². The molecular formula is C12H19N3O2. The number of nitrogens with zero attached hydrogens (tertiary/aromatic N) is 1. The highest BCUT2D eigenvalue weighted by molar-refractivity contribution is 5.78. The SMILES string of the molecule is Cc1nc(CNC(=O)C(C)C2CNC2)oc1C. The molecule has 0 saturated carbocycles. The number of aromatic nitrogens is 1. The molecule has 1 amide bonds. The highest BCUT2D eigenvalue weighted by atomic mass is 16.4. The Labute approximate surface area is 101 Å². The molecule has 1 aromatic rings. The second-order valence-electron chi connectivity index (χ2n) is 4.67. The predicted molar refractivity (Wildman–Crippen MR) is 63.3 cm³/mol. The van der Waals surface area contributed by atoms with E-state index in [0.717, 1.165) is 24.5 Å². The Morgan fingerprint density at radius 3 is 2.76 bits per heavy atom. The second-order valence-corrected chi connectivity index (χ2v) is 4.67. The Kier molecular flexibility index (Phi) is 3.47. The van der Waals surface area contributed by atoms with Gasteiger partial charge in [0.05, 0.1) is 12.2 Å². The molecule has 1 aliphatic heterocycles. The van der Waals surface area contributed by atoms with E-state index in [1.807, 2.05) is 20.8 Å². The number of hydrogen-bond acceptors (Lipinski definition) is 4. The lowest BCUT2D eigenvalue weighted by Gasteiger charge is -2.31. The van der Waals surface area contributed by atoms with Crippen LogP contribution in [0.15, 0.2) is 4.42 Å². The van der Waals surface area contributed by atoms with E-state index < -0.39 is 0 Å². The maximum atomic E-state index is 11.8. The molecule has 0 bridgehead atoms. The summed E-state index contributed by atoms with van der Waals surface area (Å²) in [4.78, 5) is 16.1. The highest BCUT2D eigenvalue weighted by Crippen LogP contribution is 2.16. The maximum absolute atomic E-state index is 11.8. The van der Waals surface area contributed by atoms with Crippen molar-refractivity contribution >= 4 is 5.91 Å². The molecule has 1 aromatic heterocycles. The van der Waals surface area contributed by atoms with Gasteiger partial charge in [0.25, 0.3) is 0 Å². The molecule has 5 heteroatoms. The first-order chi connectivity index (χ1) is 8.08. The van der Waals surface area contributed by atoms with Gasteiger partial charge in [-0.15, -0.1) is 0 Å². The van der Waals surface area contributed by atoms with Crippen molar-refractivity contribution < 1.29 is 9.21 Å². The van der Waals surface area contributed by atoms with Crippen LogP contribution in [0.3, 0.4) is 0 Å². The van der Waals surface area contributed by atoms with Gasteiger partial charge in [-0.2, -0.15) is 0 Å². The lowest BCUT2D eigenvalue weighted by Crippen LogP contribution is -2.49. The van der Waals surface area contributed by atoms with Crippen molar-refractivity contribution in [3.8, 4) is 0 Å². The number of carbonyl (C=O) groups is 1. The molecule has 2 heterocycles. The fraction of sp³-hybridized carbons (Fsp3) is 0.667. The zero-order valence-corrected chi connectivity index (χ0v) is 10.5. The van der Waals surface area contributed by atoms with Crippen LogP contribution in [-0.2, 0) is 11.3 Å². The summed E-state index contributed by atoms with van der Waals surface area (Å²) in [5.74, 6) is 1.97. The van der Waals surface area contributed by atoms with Crippen molar-refractivity contribution in [2.24, 2.45) is 11.8 Å². The molecule has 2 rings (SSSR count). The van der Waals surface area contributed by atoms with Crippen molar-refractivity contribution in [1.82, 2.24) is 15.6 Å². The number of carbonyl (C=O) groups excluding carboxylic acids is 1. The van der Waals surface area contributed by atoms with Crippen LogP contribution in [-0.4, -0.2) is 24.0 Å². The Morgan fingerprint density at radius 1 is 1.59 bits per heavy atom. The number of oxazole rings is 1. The Hall–Kier alpha value is -1.36. The fourth-order valence-corrected chi connectivity index (χ4v) is 1.82. The lowest BCUT2D eigenvalue weighted by atomic mass is 9.88. The van der Waals surface area contributed by atoms with E-state index in [4.69, 9.17) is 4.42 Å². The molecule has 5 nitrogen and oxygen atoms in total. The molecule has 94 valence electrons. The van der Waals surface area contributed by atoms with E-state index in [1.54, 1.807) is 0 Å². The first-order valence-corrected chi connectivity index (χ1v) is 5.99. The van der Waals surface area contributed by atoms with Crippen LogP contribution in [0.1, 0.15) is 24.3 Å². The summed E-state index contributed by atoms with van der Waals surface area (Å²) in [5, 5.41) is 6.04. The van der Waals surface area contributed by atoms with Gasteiger partial charge in [-0.3, -0.25) is 4.79 Å². The number of rotatable bonds is 4. The Morgan fingerprint density at radius 2 is 2.29 bits per heavy atom. The van der Waals surface area contributed by atoms with E-state index in [-0.39, 0.29) is 11.8 Å². The van der Waals surface area contributed by atoms with Crippen molar-refractivity contribution in [2.45, 2.75) is 27.3 Å². The summed E-state index contributed by atoms with van der Waals surface area (Å²) in [7, 11) is 0. The largest absolute Gasteiger partial charge is 0.444 e. The van der Waals surface area contributed by atoms with E-state index >= 15 is 0 Å².